The first kappa shape index (κ1) is 20.4. The Labute approximate surface area is 173 Å². The molecule has 29 heavy (non-hydrogen) atoms. The largest absolute Gasteiger partial charge is 0.435 e. The van der Waals surface area contributed by atoms with E-state index >= 15 is 0 Å². The number of ether oxygens (including phenoxy) is 1. The van der Waals surface area contributed by atoms with Crippen LogP contribution in [0.15, 0.2) is 35.5 Å². The Kier molecular flexibility index (Phi) is 5.23. The number of hydrogen-bond donors (Lipinski definition) is 1. The molecule has 0 saturated heterocycles. The quantitative estimate of drug-likeness (QED) is 0.501. The fraction of sp³-hybridized carbons (Fsp3) is 0.316. The molecule has 2 aliphatic rings. The molecule has 2 aliphatic heterocycles. The number of fused-ring (bicyclic) bond motifs is 1. The maximum atomic E-state index is 14.1. The minimum atomic E-state index is -4.84. The zero-order chi connectivity index (χ0) is 20.8. The van der Waals surface area contributed by atoms with Gasteiger partial charge in [0.15, 0.2) is 5.82 Å². The normalized spacial score (nSPS) is 21.9. The molecule has 2 aromatic carbocycles. The first-order valence-corrected chi connectivity index (χ1v) is 9.34. The van der Waals surface area contributed by atoms with Gasteiger partial charge in [0.1, 0.15) is 0 Å². The molecule has 0 fully saturated rings. The van der Waals surface area contributed by atoms with Crippen molar-refractivity contribution in [3.63, 3.8) is 0 Å². The van der Waals surface area contributed by atoms with Gasteiger partial charge in [0, 0.05) is 18.5 Å². The van der Waals surface area contributed by atoms with E-state index in [0.717, 1.165) is 23.3 Å². The summed E-state index contributed by atoms with van der Waals surface area (Å²) in [5.41, 5.74) is -0.760. The Hall–Kier alpha value is -1.87. The monoisotopic (exact) mass is 448 g/mol. The Morgan fingerprint density at radius 2 is 1.79 bits per heavy atom. The number of hydrogen-bond acceptors (Lipinski definition) is 4. The van der Waals surface area contributed by atoms with Crippen molar-refractivity contribution in [2.45, 2.75) is 31.3 Å². The second kappa shape index (κ2) is 7.43. The highest BCUT2D eigenvalue weighted by Gasteiger charge is 2.62. The van der Waals surface area contributed by atoms with Crippen molar-refractivity contribution >= 4 is 28.9 Å². The number of benzene rings is 2. The van der Waals surface area contributed by atoms with Crippen LogP contribution < -0.4 is 5.32 Å². The summed E-state index contributed by atoms with van der Waals surface area (Å²) >= 11 is 11.4. The molecule has 0 amide bonds. The fourth-order valence-electron chi connectivity index (χ4n) is 3.38. The van der Waals surface area contributed by atoms with Gasteiger partial charge in [-0.15, -0.1) is 0 Å². The molecule has 4 rings (SSSR count). The number of oxime groups is 1. The molecule has 4 nitrogen and oxygen atoms in total. The van der Waals surface area contributed by atoms with E-state index in [1.54, 1.807) is 18.2 Å². The number of rotatable bonds is 2. The Morgan fingerprint density at radius 3 is 2.48 bits per heavy atom. The predicted molar refractivity (Wildman–Crippen MR) is 99.3 cm³/mol. The summed E-state index contributed by atoms with van der Waals surface area (Å²) in [5.74, 6) is -0.992. The SMILES string of the molecule is Fc1c(Cl)cc(C2(C(F)(F)F)CC(c3ccc4c(c3)CNCOC4)=NO2)cc1Cl. The highest BCUT2D eigenvalue weighted by atomic mass is 35.5. The average Bonchev–Trinajstić information content (AvgIpc) is 3.00. The van der Waals surface area contributed by atoms with Crippen LogP contribution >= 0.6 is 23.2 Å². The number of alkyl halides is 3. The van der Waals surface area contributed by atoms with Crippen LogP contribution in [0.1, 0.15) is 28.7 Å². The molecule has 0 radical (unpaired) electrons. The van der Waals surface area contributed by atoms with Gasteiger partial charge < -0.3 is 9.57 Å². The number of nitrogens with one attached hydrogen (secondary N) is 1. The Balaban J connectivity index is 1.72. The van der Waals surface area contributed by atoms with Crippen molar-refractivity contribution in [2.75, 3.05) is 6.73 Å². The average molecular weight is 449 g/mol. The Morgan fingerprint density at radius 1 is 1.07 bits per heavy atom. The van der Waals surface area contributed by atoms with Crippen molar-refractivity contribution in [1.29, 1.82) is 0 Å². The van der Waals surface area contributed by atoms with Crippen molar-refractivity contribution in [3.8, 4) is 0 Å². The molecule has 1 N–H and O–H groups in total. The molecular formula is C19H14Cl2F4N2O2. The van der Waals surface area contributed by atoms with Crippen LogP contribution in [-0.2, 0) is 28.3 Å². The van der Waals surface area contributed by atoms with Gasteiger partial charge in [-0.3, -0.25) is 5.32 Å². The van der Waals surface area contributed by atoms with Crippen LogP contribution in [0.4, 0.5) is 17.6 Å². The minimum absolute atomic E-state index is 0.117. The van der Waals surface area contributed by atoms with Gasteiger partial charge >= 0.3 is 6.18 Å². The highest BCUT2D eigenvalue weighted by molar-refractivity contribution is 6.35. The van der Waals surface area contributed by atoms with Crippen LogP contribution in [0.5, 0.6) is 0 Å². The third-order valence-corrected chi connectivity index (χ3v) is 5.50. The van der Waals surface area contributed by atoms with E-state index in [4.69, 9.17) is 32.8 Å². The minimum Gasteiger partial charge on any atom is -0.374 e. The molecule has 2 aromatic rings. The van der Waals surface area contributed by atoms with E-state index in [-0.39, 0.29) is 5.71 Å². The van der Waals surface area contributed by atoms with Gasteiger partial charge in [0.2, 0.25) is 0 Å². The van der Waals surface area contributed by atoms with Gasteiger partial charge in [-0.1, -0.05) is 40.5 Å². The van der Waals surface area contributed by atoms with Gasteiger partial charge in [-0.2, -0.15) is 13.2 Å². The van der Waals surface area contributed by atoms with Gasteiger partial charge in [-0.25, -0.2) is 4.39 Å². The lowest BCUT2D eigenvalue weighted by Gasteiger charge is -2.29. The maximum Gasteiger partial charge on any atom is 0.435 e. The summed E-state index contributed by atoms with van der Waals surface area (Å²) in [7, 11) is 0. The highest BCUT2D eigenvalue weighted by Crippen LogP contribution is 2.50. The topological polar surface area (TPSA) is 42.8 Å². The first-order valence-electron chi connectivity index (χ1n) is 8.59. The van der Waals surface area contributed by atoms with Crippen molar-refractivity contribution in [3.05, 3.63) is 68.4 Å². The molecule has 154 valence electrons. The first-order chi connectivity index (χ1) is 13.7. The fourth-order valence-corrected chi connectivity index (χ4v) is 3.86. The second-order valence-corrected chi connectivity index (χ2v) is 7.60. The summed E-state index contributed by atoms with van der Waals surface area (Å²) in [6.45, 7) is 1.31. The van der Waals surface area contributed by atoms with Crippen LogP contribution in [0.2, 0.25) is 10.0 Å². The number of halogens is 6. The van der Waals surface area contributed by atoms with Crippen LogP contribution in [0.25, 0.3) is 0 Å². The number of nitrogens with zero attached hydrogens (tertiary/aromatic N) is 1. The lowest BCUT2D eigenvalue weighted by atomic mass is 9.86. The van der Waals surface area contributed by atoms with E-state index in [9.17, 15) is 17.6 Å². The molecule has 0 saturated carbocycles. The zero-order valence-corrected chi connectivity index (χ0v) is 16.3. The van der Waals surface area contributed by atoms with E-state index in [1.165, 1.54) is 0 Å². The third kappa shape index (κ3) is 3.59. The van der Waals surface area contributed by atoms with Gasteiger partial charge in [-0.05, 0) is 34.9 Å². The maximum absolute atomic E-state index is 14.1. The van der Waals surface area contributed by atoms with E-state index in [0.29, 0.717) is 25.4 Å². The summed E-state index contributed by atoms with van der Waals surface area (Å²) in [4.78, 5) is 4.96. The van der Waals surface area contributed by atoms with E-state index < -0.39 is 39.6 Å². The van der Waals surface area contributed by atoms with Crippen molar-refractivity contribution in [2.24, 2.45) is 5.16 Å². The summed E-state index contributed by atoms with van der Waals surface area (Å²) < 4.78 is 61.3. The predicted octanol–water partition coefficient (Wildman–Crippen LogP) is 5.29. The van der Waals surface area contributed by atoms with Gasteiger partial charge in [0.25, 0.3) is 5.60 Å². The lowest BCUT2D eigenvalue weighted by molar-refractivity contribution is -0.275. The zero-order valence-electron chi connectivity index (χ0n) is 14.7. The Bertz CT molecular complexity index is 974. The molecular weight excluding hydrogens is 435 g/mol. The van der Waals surface area contributed by atoms with E-state index in [1.807, 2.05) is 0 Å². The smallest absolute Gasteiger partial charge is 0.374 e. The summed E-state index contributed by atoms with van der Waals surface area (Å²) in [6.07, 6.45) is -5.44. The molecule has 1 atom stereocenters. The van der Waals surface area contributed by atoms with Crippen molar-refractivity contribution in [1.82, 2.24) is 5.32 Å². The van der Waals surface area contributed by atoms with Crippen molar-refractivity contribution < 1.29 is 27.1 Å². The van der Waals surface area contributed by atoms with Crippen LogP contribution in [0, 0.1) is 5.82 Å². The molecule has 0 spiro atoms. The molecule has 1 unspecified atom stereocenters. The summed E-state index contributed by atoms with van der Waals surface area (Å²) in [6, 6.07) is 6.96. The molecule has 0 aliphatic carbocycles. The second-order valence-electron chi connectivity index (χ2n) is 6.79. The van der Waals surface area contributed by atoms with Crippen LogP contribution in [0.3, 0.4) is 0 Å². The van der Waals surface area contributed by atoms with E-state index in [2.05, 4.69) is 10.5 Å². The molecule has 10 heteroatoms. The lowest BCUT2D eigenvalue weighted by Crippen LogP contribution is -2.42. The molecule has 2 heterocycles. The third-order valence-electron chi connectivity index (χ3n) is 4.95. The molecule has 0 bridgehead atoms. The summed E-state index contributed by atoms with van der Waals surface area (Å²) in [5, 5.41) is 5.74. The van der Waals surface area contributed by atoms with Gasteiger partial charge in [0.05, 0.1) is 29.1 Å². The standard InChI is InChI=1S/C19H14Cl2F4N2O2/c20-14-4-13(5-15(21)17(14)22)18(19(23,24)25)6-16(27-29-18)10-1-2-11-8-28-9-26-7-12(11)3-10/h1-5,26H,6-9H2. The van der Waals surface area contributed by atoms with Crippen LogP contribution in [-0.4, -0.2) is 18.6 Å². The molecule has 0 aromatic heterocycles.